The number of benzene rings is 1. The number of phenols is 1. The van der Waals surface area contributed by atoms with Crippen molar-refractivity contribution < 1.29 is 9.90 Å². The molecule has 1 aromatic carbocycles. The first-order valence-corrected chi connectivity index (χ1v) is 5.83. The highest BCUT2D eigenvalue weighted by molar-refractivity contribution is 5.83. The monoisotopic (exact) mass is 289 g/mol. The van der Waals surface area contributed by atoms with Crippen molar-refractivity contribution in [2.75, 3.05) is 0 Å². The van der Waals surface area contributed by atoms with E-state index in [1.807, 2.05) is 10.1 Å². The molecule has 0 saturated carbocycles. The van der Waals surface area contributed by atoms with Crippen molar-refractivity contribution >= 4 is 12.1 Å². The van der Waals surface area contributed by atoms with Gasteiger partial charge in [0.15, 0.2) is 0 Å². The number of amides is 1. The maximum atomic E-state index is 11.5. The molecule has 1 amide bonds. The van der Waals surface area contributed by atoms with Gasteiger partial charge in [-0.25, -0.2) is 15.3 Å². The minimum Gasteiger partial charge on any atom is -0.508 e. The van der Waals surface area contributed by atoms with Crippen LogP contribution in [0.5, 0.6) is 5.75 Å². The molecule has 0 unspecified atom stereocenters. The van der Waals surface area contributed by atoms with Gasteiger partial charge < -0.3 is 5.11 Å². The first kappa shape index (κ1) is 14.2. The van der Waals surface area contributed by atoms with Crippen molar-refractivity contribution in [3.63, 3.8) is 0 Å². The number of hydrogen-bond donors (Lipinski definition) is 4. The lowest BCUT2D eigenvalue weighted by Crippen LogP contribution is -2.31. The van der Waals surface area contributed by atoms with E-state index in [9.17, 15) is 14.4 Å². The van der Waals surface area contributed by atoms with E-state index in [1.54, 1.807) is 12.1 Å². The van der Waals surface area contributed by atoms with E-state index >= 15 is 0 Å². The van der Waals surface area contributed by atoms with Crippen LogP contribution in [0, 0.1) is 0 Å². The Morgan fingerprint density at radius 2 is 2.05 bits per heavy atom. The predicted octanol–water partition coefficient (Wildman–Crippen LogP) is -1.14. The van der Waals surface area contributed by atoms with Gasteiger partial charge in [0.2, 0.25) is 5.91 Å². The van der Waals surface area contributed by atoms with Gasteiger partial charge in [0.25, 0.3) is 5.56 Å². The standard InChI is InChI=1S/C12H11N5O4/c18-8-3-1-7(2-4-8)6-13-16-10(19)5-9-11(20)14-12(21)17-15-9/h1-4,6,18H,5H2,(H,16,19)(H2,14,17,20,21). The smallest absolute Gasteiger partial charge is 0.342 e. The van der Waals surface area contributed by atoms with Gasteiger partial charge in [0.05, 0.1) is 12.6 Å². The number of carbonyl (C=O) groups is 1. The van der Waals surface area contributed by atoms with E-state index in [2.05, 4.69) is 15.6 Å². The van der Waals surface area contributed by atoms with Crippen LogP contribution in [0.3, 0.4) is 0 Å². The van der Waals surface area contributed by atoms with Crippen LogP contribution in [-0.2, 0) is 11.2 Å². The molecule has 0 aliphatic heterocycles. The number of phenolic OH excluding ortho intramolecular Hbond substituents is 1. The first-order valence-electron chi connectivity index (χ1n) is 5.83. The van der Waals surface area contributed by atoms with Crippen LogP contribution in [-0.4, -0.2) is 32.4 Å². The Kier molecular flexibility index (Phi) is 4.24. The summed E-state index contributed by atoms with van der Waals surface area (Å²) in [6, 6.07) is 6.18. The second kappa shape index (κ2) is 6.28. The quantitative estimate of drug-likeness (QED) is 0.416. The number of aromatic amines is 2. The summed E-state index contributed by atoms with van der Waals surface area (Å²) in [5.74, 6) is -0.436. The lowest BCUT2D eigenvalue weighted by Gasteiger charge is -1.98. The molecule has 0 aliphatic carbocycles. The van der Waals surface area contributed by atoms with Gasteiger partial charge in [-0.3, -0.25) is 14.6 Å². The fourth-order valence-electron chi connectivity index (χ4n) is 1.42. The molecule has 1 aromatic heterocycles. The van der Waals surface area contributed by atoms with Gasteiger partial charge in [0, 0.05) is 0 Å². The molecule has 0 radical (unpaired) electrons. The average molecular weight is 289 g/mol. The number of H-pyrrole nitrogens is 2. The number of nitrogens with one attached hydrogen (secondary N) is 3. The highest BCUT2D eigenvalue weighted by Gasteiger charge is 2.08. The Morgan fingerprint density at radius 3 is 2.71 bits per heavy atom. The maximum Gasteiger partial charge on any atom is 0.342 e. The lowest BCUT2D eigenvalue weighted by atomic mass is 10.2. The molecule has 0 atom stereocenters. The Bertz CT molecular complexity index is 775. The molecule has 2 aromatic rings. The third-order valence-corrected chi connectivity index (χ3v) is 2.41. The van der Waals surface area contributed by atoms with Crippen molar-refractivity contribution in [2.24, 2.45) is 5.10 Å². The SMILES string of the molecule is O=C(Cc1n[nH]c(=O)[nH]c1=O)NN=Cc1ccc(O)cc1. The van der Waals surface area contributed by atoms with Crippen LogP contribution >= 0.6 is 0 Å². The zero-order valence-corrected chi connectivity index (χ0v) is 10.7. The van der Waals surface area contributed by atoms with E-state index in [4.69, 9.17) is 5.11 Å². The zero-order chi connectivity index (χ0) is 15.2. The normalized spacial score (nSPS) is 10.7. The molecule has 21 heavy (non-hydrogen) atoms. The summed E-state index contributed by atoms with van der Waals surface area (Å²) in [5, 5.41) is 18.3. The van der Waals surface area contributed by atoms with E-state index in [0.717, 1.165) is 0 Å². The van der Waals surface area contributed by atoms with Crippen molar-refractivity contribution in [3.05, 3.63) is 56.4 Å². The molecule has 108 valence electrons. The van der Waals surface area contributed by atoms with Crippen LogP contribution < -0.4 is 16.7 Å². The van der Waals surface area contributed by atoms with Crippen LogP contribution in [0.25, 0.3) is 0 Å². The molecule has 0 spiro atoms. The van der Waals surface area contributed by atoms with Crippen LogP contribution in [0.1, 0.15) is 11.3 Å². The molecule has 0 fully saturated rings. The molecule has 2 rings (SSSR count). The number of hydrazone groups is 1. The second-order valence-corrected chi connectivity index (χ2v) is 4.02. The summed E-state index contributed by atoms with van der Waals surface area (Å²) >= 11 is 0. The predicted molar refractivity (Wildman–Crippen MR) is 73.0 cm³/mol. The summed E-state index contributed by atoms with van der Waals surface area (Å²) in [4.78, 5) is 35.6. The zero-order valence-electron chi connectivity index (χ0n) is 10.7. The number of hydrogen-bond acceptors (Lipinski definition) is 6. The molecule has 0 aliphatic rings. The number of aromatic nitrogens is 3. The molecular formula is C12H11N5O4. The van der Waals surface area contributed by atoms with Gasteiger partial charge in [-0.15, -0.1) is 0 Å². The summed E-state index contributed by atoms with van der Waals surface area (Å²) in [6.45, 7) is 0. The third kappa shape index (κ3) is 4.13. The van der Waals surface area contributed by atoms with Crippen molar-refractivity contribution in [3.8, 4) is 5.75 Å². The number of aromatic hydroxyl groups is 1. The van der Waals surface area contributed by atoms with Crippen molar-refractivity contribution in [1.29, 1.82) is 0 Å². The molecule has 4 N–H and O–H groups in total. The van der Waals surface area contributed by atoms with Gasteiger partial charge in [0.1, 0.15) is 11.4 Å². The molecule has 0 saturated heterocycles. The van der Waals surface area contributed by atoms with E-state index in [0.29, 0.717) is 5.56 Å². The third-order valence-electron chi connectivity index (χ3n) is 2.41. The fraction of sp³-hybridized carbons (Fsp3) is 0.0833. The highest BCUT2D eigenvalue weighted by atomic mass is 16.3. The Hall–Kier alpha value is -3.23. The Labute approximate surface area is 117 Å². The molecular weight excluding hydrogens is 278 g/mol. The molecule has 9 heteroatoms. The second-order valence-electron chi connectivity index (χ2n) is 4.02. The molecule has 0 bridgehead atoms. The van der Waals surface area contributed by atoms with Crippen LogP contribution in [0.15, 0.2) is 39.0 Å². The largest absolute Gasteiger partial charge is 0.508 e. The maximum absolute atomic E-state index is 11.5. The summed E-state index contributed by atoms with van der Waals surface area (Å²) in [6.07, 6.45) is 1.06. The number of nitrogens with zero attached hydrogens (tertiary/aromatic N) is 2. The van der Waals surface area contributed by atoms with Crippen molar-refractivity contribution in [2.45, 2.75) is 6.42 Å². The van der Waals surface area contributed by atoms with Gasteiger partial charge in [-0.1, -0.05) is 0 Å². The number of rotatable bonds is 4. The first-order chi connectivity index (χ1) is 10.0. The summed E-state index contributed by atoms with van der Waals surface area (Å²) in [5.41, 5.74) is 1.31. The minimum absolute atomic E-state index is 0.119. The number of carbonyl (C=O) groups excluding carboxylic acids is 1. The van der Waals surface area contributed by atoms with Crippen LogP contribution in [0.2, 0.25) is 0 Å². The fourth-order valence-corrected chi connectivity index (χ4v) is 1.42. The average Bonchev–Trinajstić information content (AvgIpc) is 2.44. The topological polar surface area (TPSA) is 140 Å². The molecule has 1 heterocycles. The molecule has 9 nitrogen and oxygen atoms in total. The Morgan fingerprint density at radius 1 is 1.33 bits per heavy atom. The van der Waals surface area contributed by atoms with E-state index in [1.165, 1.54) is 18.3 Å². The Balaban J connectivity index is 1.94. The van der Waals surface area contributed by atoms with Crippen molar-refractivity contribution in [1.82, 2.24) is 20.6 Å². The summed E-state index contributed by atoms with van der Waals surface area (Å²) in [7, 11) is 0. The van der Waals surface area contributed by atoms with Gasteiger partial charge >= 0.3 is 5.69 Å². The van der Waals surface area contributed by atoms with Crippen LogP contribution in [0.4, 0.5) is 0 Å². The highest BCUT2D eigenvalue weighted by Crippen LogP contribution is 2.07. The van der Waals surface area contributed by atoms with Gasteiger partial charge in [-0.05, 0) is 29.8 Å². The van der Waals surface area contributed by atoms with E-state index in [-0.39, 0.29) is 17.9 Å². The van der Waals surface area contributed by atoms with Gasteiger partial charge in [-0.2, -0.15) is 10.2 Å². The minimum atomic E-state index is -0.741. The summed E-state index contributed by atoms with van der Waals surface area (Å²) < 4.78 is 0. The lowest BCUT2D eigenvalue weighted by molar-refractivity contribution is -0.120. The van der Waals surface area contributed by atoms with E-state index < -0.39 is 17.2 Å².